The van der Waals surface area contributed by atoms with Crippen molar-refractivity contribution in [2.24, 2.45) is 5.73 Å². The first kappa shape index (κ1) is 11.8. The summed E-state index contributed by atoms with van der Waals surface area (Å²) in [4.78, 5) is 0. The minimum atomic E-state index is -1.55. The van der Waals surface area contributed by atoms with Gasteiger partial charge in [-0.1, -0.05) is 50.0 Å². The minimum Gasteiger partial charge on any atom is -0.371 e. The molecule has 4 heteroatoms. The first-order chi connectivity index (χ1) is 6.91. The predicted molar refractivity (Wildman–Crippen MR) is 67.2 cm³/mol. The van der Waals surface area contributed by atoms with E-state index in [-0.39, 0.29) is 5.96 Å². The average Bonchev–Trinajstić information content (AvgIpc) is 2.13. The monoisotopic (exact) mass is 221 g/mol. The van der Waals surface area contributed by atoms with Gasteiger partial charge in [0.05, 0.1) is 0 Å². The van der Waals surface area contributed by atoms with Crippen LogP contribution in [0.1, 0.15) is 5.56 Å². The van der Waals surface area contributed by atoms with Crippen LogP contribution < -0.4 is 5.73 Å². The Morgan fingerprint density at radius 2 is 1.80 bits per heavy atom. The Morgan fingerprint density at radius 1 is 1.27 bits per heavy atom. The van der Waals surface area contributed by atoms with E-state index in [4.69, 9.17) is 11.1 Å². The maximum Gasteiger partial charge on any atom is 0.180 e. The lowest BCUT2D eigenvalue weighted by Gasteiger charge is -2.34. The van der Waals surface area contributed by atoms with Crippen molar-refractivity contribution in [2.45, 2.75) is 26.2 Å². The molecular formula is C11H19N3Si. The number of benzene rings is 1. The maximum atomic E-state index is 7.59. The Bertz CT molecular complexity index is 329. The summed E-state index contributed by atoms with van der Waals surface area (Å²) in [5.74, 6) is 0.179. The summed E-state index contributed by atoms with van der Waals surface area (Å²) < 4.78 is 2.02. The van der Waals surface area contributed by atoms with Gasteiger partial charge in [0.1, 0.15) is 0 Å². The molecule has 1 aromatic carbocycles. The quantitative estimate of drug-likeness (QED) is 0.467. The summed E-state index contributed by atoms with van der Waals surface area (Å²) in [7, 11) is -1.55. The molecule has 1 aromatic rings. The van der Waals surface area contributed by atoms with E-state index in [0.717, 1.165) is 6.54 Å². The molecule has 3 N–H and O–H groups in total. The van der Waals surface area contributed by atoms with Crippen LogP contribution in [0.3, 0.4) is 0 Å². The molecule has 0 saturated carbocycles. The van der Waals surface area contributed by atoms with Crippen molar-refractivity contribution in [3.63, 3.8) is 0 Å². The third kappa shape index (κ3) is 3.40. The molecule has 1 rings (SSSR count). The van der Waals surface area contributed by atoms with Gasteiger partial charge in [-0.3, -0.25) is 5.41 Å². The molecule has 0 unspecified atom stereocenters. The van der Waals surface area contributed by atoms with Crippen LogP contribution in [0.15, 0.2) is 30.3 Å². The normalized spacial score (nSPS) is 11.1. The fourth-order valence-corrected chi connectivity index (χ4v) is 2.83. The Balaban J connectivity index is 2.82. The fraction of sp³-hybridized carbons (Fsp3) is 0.364. The largest absolute Gasteiger partial charge is 0.371 e. The van der Waals surface area contributed by atoms with Gasteiger partial charge < -0.3 is 10.3 Å². The molecule has 0 atom stereocenters. The molecule has 15 heavy (non-hydrogen) atoms. The fourth-order valence-electron chi connectivity index (χ4n) is 1.45. The lowest BCUT2D eigenvalue weighted by Crippen LogP contribution is -2.51. The molecule has 0 fully saturated rings. The molecule has 82 valence electrons. The molecule has 0 amide bonds. The molecular weight excluding hydrogens is 202 g/mol. The number of hydrogen-bond donors (Lipinski definition) is 2. The van der Waals surface area contributed by atoms with Crippen LogP contribution in [0.5, 0.6) is 0 Å². The highest BCUT2D eigenvalue weighted by molar-refractivity contribution is 6.75. The molecule has 0 spiro atoms. The van der Waals surface area contributed by atoms with Crippen LogP contribution in [-0.4, -0.2) is 18.8 Å². The maximum absolute atomic E-state index is 7.59. The molecule has 0 aliphatic heterocycles. The first-order valence-corrected chi connectivity index (χ1v) is 8.51. The average molecular weight is 221 g/mol. The van der Waals surface area contributed by atoms with Crippen LogP contribution >= 0.6 is 0 Å². The van der Waals surface area contributed by atoms with Crippen molar-refractivity contribution >= 4 is 14.2 Å². The van der Waals surface area contributed by atoms with Gasteiger partial charge in [0.25, 0.3) is 0 Å². The van der Waals surface area contributed by atoms with E-state index < -0.39 is 8.24 Å². The van der Waals surface area contributed by atoms with Crippen LogP contribution in [0.25, 0.3) is 0 Å². The summed E-state index contributed by atoms with van der Waals surface area (Å²) in [6.45, 7) is 7.32. The second-order valence-electron chi connectivity index (χ2n) is 4.63. The van der Waals surface area contributed by atoms with Gasteiger partial charge >= 0.3 is 0 Å². The second kappa shape index (κ2) is 4.48. The Labute approximate surface area is 92.5 Å². The SMILES string of the molecule is C[Si](C)(C)N(Cc1ccccc1)C(=N)N. The summed E-state index contributed by atoms with van der Waals surface area (Å²) in [5.41, 5.74) is 6.82. The van der Waals surface area contributed by atoms with E-state index in [1.54, 1.807) is 0 Å². The van der Waals surface area contributed by atoms with E-state index in [1.807, 2.05) is 22.8 Å². The summed E-state index contributed by atoms with van der Waals surface area (Å²) in [6, 6.07) is 10.2. The van der Waals surface area contributed by atoms with Crippen LogP contribution in [0.2, 0.25) is 19.6 Å². The lowest BCUT2D eigenvalue weighted by molar-refractivity contribution is 0.596. The number of guanidine groups is 1. The number of rotatable bonds is 3. The molecule has 0 aromatic heterocycles. The van der Waals surface area contributed by atoms with Crippen LogP contribution in [-0.2, 0) is 6.54 Å². The molecule has 0 bridgehead atoms. The van der Waals surface area contributed by atoms with Crippen molar-refractivity contribution in [3.8, 4) is 0 Å². The number of nitrogens with two attached hydrogens (primary N) is 1. The van der Waals surface area contributed by atoms with Crippen molar-refractivity contribution < 1.29 is 0 Å². The first-order valence-electron chi connectivity index (χ1n) is 5.07. The smallest absolute Gasteiger partial charge is 0.180 e. The van der Waals surface area contributed by atoms with E-state index in [1.165, 1.54) is 5.56 Å². The third-order valence-electron chi connectivity index (χ3n) is 2.28. The van der Waals surface area contributed by atoms with Crippen LogP contribution in [0, 0.1) is 5.41 Å². The molecule has 0 aliphatic carbocycles. The van der Waals surface area contributed by atoms with Crippen molar-refractivity contribution in [1.29, 1.82) is 5.41 Å². The topological polar surface area (TPSA) is 53.1 Å². The number of hydrogen-bond acceptors (Lipinski definition) is 1. The van der Waals surface area contributed by atoms with Gasteiger partial charge in [-0.25, -0.2) is 0 Å². The third-order valence-corrected chi connectivity index (χ3v) is 4.30. The molecule has 0 aliphatic rings. The van der Waals surface area contributed by atoms with E-state index in [9.17, 15) is 0 Å². The van der Waals surface area contributed by atoms with Gasteiger partial charge in [0.2, 0.25) is 0 Å². The zero-order chi connectivity index (χ0) is 11.5. The highest BCUT2D eigenvalue weighted by Gasteiger charge is 2.24. The summed E-state index contributed by atoms with van der Waals surface area (Å²) in [5, 5.41) is 7.59. The Kier molecular flexibility index (Phi) is 3.52. The summed E-state index contributed by atoms with van der Waals surface area (Å²) in [6.07, 6.45) is 0. The number of nitrogens with zero attached hydrogens (tertiary/aromatic N) is 1. The minimum absolute atomic E-state index is 0.179. The molecule has 0 radical (unpaired) electrons. The predicted octanol–water partition coefficient (Wildman–Crippen LogP) is 2.22. The van der Waals surface area contributed by atoms with Crippen LogP contribution in [0.4, 0.5) is 0 Å². The Hall–Kier alpha value is -1.29. The standard InChI is InChI=1S/C11H19N3Si/c1-15(2,3)14(11(12)13)9-10-7-5-4-6-8-10/h4-8H,9H2,1-3H3,(H3,12,13). The lowest BCUT2D eigenvalue weighted by atomic mass is 10.2. The van der Waals surface area contributed by atoms with E-state index >= 15 is 0 Å². The highest BCUT2D eigenvalue weighted by Crippen LogP contribution is 2.13. The van der Waals surface area contributed by atoms with Crippen molar-refractivity contribution in [1.82, 2.24) is 4.57 Å². The summed E-state index contributed by atoms with van der Waals surface area (Å²) >= 11 is 0. The van der Waals surface area contributed by atoms with Gasteiger partial charge in [-0.05, 0) is 5.56 Å². The van der Waals surface area contributed by atoms with Gasteiger partial charge in [-0.2, -0.15) is 0 Å². The molecule has 0 heterocycles. The van der Waals surface area contributed by atoms with Gasteiger partial charge in [-0.15, -0.1) is 0 Å². The zero-order valence-electron chi connectivity index (χ0n) is 9.62. The second-order valence-corrected chi connectivity index (χ2v) is 9.51. The number of nitrogens with one attached hydrogen (secondary N) is 1. The van der Waals surface area contributed by atoms with Gasteiger partial charge in [0, 0.05) is 6.54 Å². The molecule has 3 nitrogen and oxygen atoms in total. The van der Waals surface area contributed by atoms with Gasteiger partial charge in [0.15, 0.2) is 14.2 Å². The zero-order valence-corrected chi connectivity index (χ0v) is 10.6. The van der Waals surface area contributed by atoms with Crippen molar-refractivity contribution in [3.05, 3.63) is 35.9 Å². The van der Waals surface area contributed by atoms with E-state index in [2.05, 4.69) is 31.8 Å². The van der Waals surface area contributed by atoms with Crippen molar-refractivity contribution in [2.75, 3.05) is 0 Å². The molecule has 0 saturated heterocycles. The Morgan fingerprint density at radius 3 is 2.20 bits per heavy atom. The van der Waals surface area contributed by atoms with E-state index in [0.29, 0.717) is 0 Å². The highest BCUT2D eigenvalue weighted by atomic mass is 28.3.